The molecule has 0 aliphatic rings. The Labute approximate surface area is 179 Å². The number of aromatic amines is 2. The largest absolute Gasteiger partial charge is 0.416 e. The fourth-order valence-corrected chi connectivity index (χ4v) is 3.74. The zero-order valence-corrected chi connectivity index (χ0v) is 17.1. The van der Waals surface area contributed by atoms with Gasteiger partial charge >= 0.3 is 11.9 Å². The van der Waals surface area contributed by atoms with Crippen LogP contribution in [0, 0.1) is 3.57 Å². The van der Waals surface area contributed by atoms with Gasteiger partial charge in [-0.05, 0) is 71.1 Å². The molecule has 3 heterocycles. The molecule has 2 N–H and O–H groups in total. The summed E-state index contributed by atoms with van der Waals surface area (Å²) >= 11 is 2.13. The standard InChI is InChI=1S/C20H11F3IN5O/c21-20(22,23)11-3-6-14-15(7-11)27-17(26-14)10-1-4-13(5-2-10)29-16-8-12(24)9-25-18(16)28-19(29)30/h1-9H,(H,26,27)(H,25,28,30). The fourth-order valence-electron chi connectivity index (χ4n) is 3.31. The van der Waals surface area contributed by atoms with Crippen LogP contribution in [-0.4, -0.2) is 24.5 Å². The lowest BCUT2D eigenvalue weighted by Gasteiger charge is -2.05. The number of aromatic nitrogens is 5. The summed E-state index contributed by atoms with van der Waals surface area (Å²) in [6, 6.07) is 12.2. The SMILES string of the molecule is O=c1[nH]c2ncc(I)cc2n1-c1ccc(-c2nc3ccc(C(F)(F)F)cc3[nH]2)cc1. The van der Waals surface area contributed by atoms with E-state index in [-0.39, 0.29) is 5.69 Å². The Morgan fingerprint density at radius 2 is 1.77 bits per heavy atom. The summed E-state index contributed by atoms with van der Waals surface area (Å²) in [5.74, 6) is 0.443. The van der Waals surface area contributed by atoms with Gasteiger partial charge in [-0.3, -0.25) is 9.55 Å². The summed E-state index contributed by atoms with van der Waals surface area (Å²) in [6.07, 6.45) is -2.75. The summed E-state index contributed by atoms with van der Waals surface area (Å²) in [6.45, 7) is 0. The molecule has 0 radical (unpaired) electrons. The second-order valence-corrected chi connectivity index (χ2v) is 7.89. The summed E-state index contributed by atoms with van der Waals surface area (Å²) in [7, 11) is 0. The second-order valence-electron chi connectivity index (χ2n) is 6.65. The van der Waals surface area contributed by atoms with E-state index in [1.165, 1.54) is 10.6 Å². The zero-order chi connectivity index (χ0) is 21.0. The van der Waals surface area contributed by atoms with E-state index in [2.05, 4.69) is 42.5 Å². The van der Waals surface area contributed by atoms with E-state index in [4.69, 9.17) is 0 Å². The Morgan fingerprint density at radius 1 is 1.00 bits per heavy atom. The molecule has 0 saturated heterocycles. The third kappa shape index (κ3) is 3.16. The zero-order valence-electron chi connectivity index (χ0n) is 15.0. The number of imidazole rings is 2. The average Bonchev–Trinajstić information content (AvgIpc) is 3.27. The van der Waals surface area contributed by atoms with Crippen LogP contribution in [0.25, 0.3) is 39.3 Å². The van der Waals surface area contributed by atoms with Gasteiger partial charge in [-0.2, -0.15) is 13.2 Å². The van der Waals surface area contributed by atoms with Gasteiger partial charge in [-0.15, -0.1) is 0 Å². The monoisotopic (exact) mass is 521 g/mol. The van der Waals surface area contributed by atoms with Crippen LogP contribution >= 0.6 is 22.6 Å². The van der Waals surface area contributed by atoms with Crippen molar-refractivity contribution in [1.29, 1.82) is 0 Å². The van der Waals surface area contributed by atoms with E-state index < -0.39 is 11.7 Å². The molecule has 0 bridgehead atoms. The number of pyridine rings is 1. The molecule has 0 fully saturated rings. The Kier molecular flexibility index (Phi) is 4.20. The van der Waals surface area contributed by atoms with Gasteiger partial charge in [0.2, 0.25) is 0 Å². The minimum atomic E-state index is -4.42. The maximum absolute atomic E-state index is 12.9. The molecule has 0 amide bonds. The lowest BCUT2D eigenvalue weighted by atomic mass is 10.2. The highest BCUT2D eigenvalue weighted by Crippen LogP contribution is 2.32. The smallest absolute Gasteiger partial charge is 0.338 e. The van der Waals surface area contributed by atoms with Crippen LogP contribution in [0.1, 0.15) is 5.56 Å². The number of benzene rings is 2. The van der Waals surface area contributed by atoms with Gasteiger partial charge in [-0.1, -0.05) is 0 Å². The van der Waals surface area contributed by atoms with Gasteiger partial charge in [-0.25, -0.2) is 14.8 Å². The molecule has 0 spiro atoms. The highest BCUT2D eigenvalue weighted by molar-refractivity contribution is 14.1. The molecule has 0 unspecified atom stereocenters. The first-order valence-electron chi connectivity index (χ1n) is 8.74. The summed E-state index contributed by atoms with van der Waals surface area (Å²) in [5, 5.41) is 0. The van der Waals surface area contributed by atoms with E-state index in [1.807, 2.05) is 6.07 Å². The molecule has 5 aromatic rings. The first-order chi connectivity index (χ1) is 14.3. The van der Waals surface area contributed by atoms with E-state index >= 15 is 0 Å². The fraction of sp³-hybridized carbons (Fsp3) is 0.0500. The maximum atomic E-state index is 12.9. The molecule has 150 valence electrons. The van der Waals surface area contributed by atoms with Crippen molar-refractivity contribution in [2.75, 3.05) is 0 Å². The lowest BCUT2D eigenvalue weighted by molar-refractivity contribution is -0.137. The number of H-pyrrole nitrogens is 2. The van der Waals surface area contributed by atoms with Crippen molar-refractivity contribution in [3.05, 3.63) is 74.3 Å². The van der Waals surface area contributed by atoms with Crippen molar-refractivity contribution in [2.24, 2.45) is 0 Å². The highest BCUT2D eigenvalue weighted by Gasteiger charge is 2.30. The molecule has 0 aliphatic carbocycles. The number of fused-ring (bicyclic) bond motifs is 2. The van der Waals surface area contributed by atoms with Crippen molar-refractivity contribution in [3.63, 3.8) is 0 Å². The van der Waals surface area contributed by atoms with Gasteiger partial charge in [0.1, 0.15) is 5.82 Å². The van der Waals surface area contributed by atoms with E-state index in [0.29, 0.717) is 39.3 Å². The molecule has 3 aromatic heterocycles. The number of halogens is 4. The lowest BCUT2D eigenvalue weighted by Crippen LogP contribution is -2.14. The highest BCUT2D eigenvalue weighted by atomic mass is 127. The molecule has 0 saturated carbocycles. The van der Waals surface area contributed by atoms with Crippen molar-refractivity contribution in [2.45, 2.75) is 6.18 Å². The quantitative estimate of drug-likeness (QED) is 0.325. The predicted molar refractivity (Wildman–Crippen MR) is 114 cm³/mol. The Morgan fingerprint density at radius 3 is 2.50 bits per heavy atom. The first-order valence-corrected chi connectivity index (χ1v) is 9.81. The maximum Gasteiger partial charge on any atom is 0.416 e. The molecule has 5 rings (SSSR count). The number of alkyl halides is 3. The van der Waals surface area contributed by atoms with Gasteiger partial charge in [0.15, 0.2) is 5.65 Å². The van der Waals surface area contributed by atoms with Crippen molar-refractivity contribution < 1.29 is 13.2 Å². The molecule has 0 aliphatic heterocycles. The number of hydrogen-bond acceptors (Lipinski definition) is 3. The third-order valence-electron chi connectivity index (χ3n) is 4.71. The summed E-state index contributed by atoms with van der Waals surface area (Å²) in [4.78, 5) is 26.6. The van der Waals surface area contributed by atoms with Crippen LogP contribution in [0.3, 0.4) is 0 Å². The second kappa shape index (κ2) is 6.69. The van der Waals surface area contributed by atoms with E-state index in [1.54, 1.807) is 30.5 Å². The number of hydrogen-bond donors (Lipinski definition) is 2. The molecule has 0 atom stereocenters. The number of nitrogens with one attached hydrogen (secondary N) is 2. The summed E-state index contributed by atoms with van der Waals surface area (Å²) < 4.78 is 41.2. The van der Waals surface area contributed by atoms with Crippen LogP contribution in [0.5, 0.6) is 0 Å². The number of nitrogens with zero attached hydrogens (tertiary/aromatic N) is 3. The molecule has 30 heavy (non-hydrogen) atoms. The van der Waals surface area contributed by atoms with E-state index in [9.17, 15) is 18.0 Å². The molecule has 10 heteroatoms. The van der Waals surface area contributed by atoms with Gasteiger partial charge in [0, 0.05) is 15.3 Å². The van der Waals surface area contributed by atoms with Crippen LogP contribution in [-0.2, 0) is 6.18 Å². The topological polar surface area (TPSA) is 79.4 Å². The Hall–Kier alpha value is -3.15. The molecule has 2 aromatic carbocycles. The normalized spacial score (nSPS) is 12.1. The van der Waals surface area contributed by atoms with Crippen molar-refractivity contribution in [3.8, 4) is 17.1 Å². The van der Waals surface area contributed by atoms with Crippen molar-refractivity contribution in [1.82, 2.24) is 24.5 Å². The van der Waals surface area contributed by atoms with Crippen LogP contribution in [0.4, 0.5) is 13.2 Å². The minimum Gasteiger partial charge on any atom is -0.338 e. The molecule has 6 nitrogen and oxygen atoms in total. The predicted octanol–water partition coefficient (Wildman–Crippen LogP) is 4.88. The minimum absolute atomic E-state index is 0.303. The van der Waals surface area contributed by atoms with E-state index in [0.717, 1.165) is 15.7 Å². The van der Waals surface area contributed by atoms with Crippen LogP contribution in [0.2, 0.25) is 0 Å². The molecular formula is C20H11F3IN5O. The number of rotatable bonds is 2. The first kappa shape index (κ1) is 18.9. The average molecular weight is 521 g/mol. The van der Waals surface area contributed by atoms with Gasteiger partial charge in [0.25, 0.3) is 0 Å². The Bertz CT molecular complexity index is 1460. The van der Waals surface area contributed by atoms with Crippen LogP contribution < -0.4 is 5.69 Å². The van der Waals surface area contributed by atoms with Crippen molar-refractivity contribution >= 4 is 44.8 Å². The Balaban J connectivity index is 1.55. The third-order valence-corrected chi connectivity index (χ3v) is 5.30. The van der Waals surface area contributed by atoms with Gasteiger partial charge in [0.05, 0.1) is 27.8 Å². The van der Waals surface area contributed by atoms with Crippen LogP contribution in [0.15, 0.2) is 59.5 Å². The van der Waals surface area contributed by atoms with Gasteiger partial charge < -0.3 is 4.98 Å². The summed E-state index contributed by atoms with van der Waals surface area (Å²) in [5.41, 5.74) is 2.16. The molecular weight excluding hydrogens is 510 g/mol.